The summed E-state index contributed by atoms with van der Waals surface area (Å²) >= 11 is 5.77. The Bertz CT molecular complexity index is 762. The number of fused-ring (bicyclic) bond motifs is 5. The molecule has 2 aliphatic carbocycles. The van der Waals surface area contributed by atoms with E-state index < -0.39 is 19.1 Å². The third-order valence-corrected chi connectivity index (χ3v) is 6.09. The number of Topliss-reactive ketones (excluding diaryl/α,β-unsaturated/α-hetero) is 1. The third-order valence-electron chi connectivity index (χ3n) is 5.84. The molecule has 0 radical (unpaired) electrons. The van der Waals surface area contributed by atoms with E-state index in [2.05, 4.69) is 0 Å². The van der Waals surface area contributed by atoms with Gasteiger partial charge in [0.25, 0.3) is 0 Å². The molecule has 1 saturated heterocycles. The zero-order valence-corrected chi connectivity index (χ0v) is 14.8. The SMILES string of the molecule is O=C(CN1C(=O)[C@@H]2[C@H]3CC[C@@H](C3)[C@H]2C1=O)OCC(=O)c1ccc(Cl)cc1. The first-order valence-electron chi connectivity index (χ1n) is 8.75. The van der Waals surface area contributed by atoms with E-state index in [1.807, 2.05) is 0 Å². The van der Waals surface area contributed by atoms with Crippen molar-refractivity contribution in [2.75, 3.05) is 13.2 Å². The van der Waals surface area contributed by atoms with Gasteiger partial charge >= 0.3 is 5.97 Å². The lowest BCUT2D eigenvalue weighted by Gasteiger charge is -2.19. The first-order chi connectivity index (χ1) is 12.5. The molecule has 26 heavy (non-hydrogen) atoms. The first-order valence-corrected chi connectivity index (χ1v) is 9.13. The van der Waals surface area contributed by atoms with Crippen LogP contribution in [-0.4, -0.2) is 41.6 Å². The summed E-state index contributed by atoms with van der Waals surface area (Å²) in [4.78, 5) is 50.1. The standard InChI is InChI=1S/C19H18ClNO5/c20-13-5-3-10(4-6-13)14(22)9-26-15(23)8-21-18(24)16-11-1-2-12(7-11)17(16)19(21)25/h3-6,11-12,16-17H,1-2,7-9H2/t11-,12-,16+,17+/m0/s1. The number of imide groups is 1. The Morgan fingerprint density at radius 3 is 2.19 bits per heavy atom. The third kappa shape index (κ3) is 2.82. The number of benzene rings is 1. The molecule has 0 aromatic heterocycles. The van der Waals surface area contributed by atoms with Gasteiger partial charge in [-0.25, -0.2) is 0 Å². The lowest BCUT2D eigenvalue weighted by molar-refractivity contribution is -0.152. The average molecular weight is 376 g/mol. The summed E-state index contributed by atoms with van der Waals surface area (Å²) in [5.41, 5.74) is 0.377. The number of carbonyl (C=O) groups excluding carboxylic acids is 4. The zero-order valence-electron chi connectivity index (χ0n) is 14.0. The molecular formula is C19H18ClNO5. The lowest BCUT2D eigenvalue weighted by atomic mass is 9.81. The second-order valence-electron chi connectivity index (χ2n) is 7.24. The van der Waals surface area contributed by atoms with Gasteiger partial charge in [-0.2, -0.15) is 0 Å². The minimum absolute atomic E-state index is 0.256. The first kappa shape index (κ1) is 17.2. The lowest BCUT2D eigenvalue weighted by Crippen LogP contribution is -2.38. The summed E-state index contributed by atoms with van der Waals surface area (Å²) in [6.07, 6.45) is 2.91. The van der Waals surface area contributed by atoms with Crippen molar-refractivity contribution in [3.63, 3.8) is 0 Å². The molecule has 4 rings (SSSR count). The van der Waals surface area contributed by atoms with Crippen molar-refractivity contribution in [3.05, 3.63) is 34.9 Å². The van der Waals surface area contributed by atoms with Crippen LogP contribution >= 0.6 is 11.6 Å². The second-order valence-corrected chi connectivity index (χ2v) is 7.67. The van der Waals surface area contributed by atoms with Crippen LogP contribution in [0.5, 0.6) is 0 Å². The Kier molecular flexibility index (Phi) is 4.31. The maximum absolute atomic E-state index is 12.5. The van der Waals surface area contributed by atoms with Gasteiger partial charge < -0.3 is 4.74 Å². The van der Waals surface area contributed by atoms with Gasteiger partial charge in [0.1, 0.15) is 6.54 Å². The van der Waals surface area contributed by atoms with E-state index in [0.717, 1.165) is 24.2 Å². The van der Waals surface area contributed by atoms with Crippen molar-refractivity contribution in [1.82, 2.24) is 4.90 Å². The molecule has 3 fully saturated rings. The van der Waals surface area contributed by atoms with Crippen LogP contribution in [0, 0.1) is 23.7 Å². The summed E-state index contributed by atoms with van der Waals surface area (Å²) in [6, 6.07) is 6.24. The number of carbonyl (C=O) groups is 4. The highest BCUT2D eigenvalue weighted by atomic mass is 35.5. The van der Waals surface area contributed by atoms with Crippen LogP contribution in [0.15, 0.2) is 24.3 Å². The number of ether oxygens (including phenoxy) is 1. The van der Waals surface area contributed by atoms with Gasteiger partial charge in [0.15, 0.2) is 12.4 Å². The van der Waals surface area contributed by atoms with Crippen LogP contribution < -0.4 is 0 Å². The molecule has 6 nitrogen and oxygen atoms in total. The topological polar surface area (TPSA) is 80.8 Å². The Balaban J connectivity index is 1.34. The van der Waals surface area contributed by atoms with Crippen molar-refractivity contribution in [2.45, 2.75) is 19.3 Å². The largest absolute Gasteiger partial charge is 0.456 e. The fourth-order valence-electron chi connectivity index (χ4n) is 4.67. The van der Waals surface area contributed by atoms with Crippen LogP contribution in [-0.2, 0) is 19.1 Å². The van der Waals surface area contributed by atoms with Crippen molar-refractivity contribution < 1.29 is 23.9 Å². The zero-order chi connectivity index (χ0) is 18.4. The van der Waals surface area contributed by atoms with Crippen molar-refractivity contribution in [1.29, 1.82) is 0 Å². The number of rotatable bonds is 5. The average Bonchev–Trinajstić information content (AvgIpc) is 3.30. The molecule has 2 bridgehead atoms. The minimum atomic E-state index is -0.749. The van der Waals surface area contributed by atoms with E-state index >= 15 is 0 Å². The van der Waals surface area contributed by atoms with Crippen molar-refractivity contribution in [3.8, 4) is 0 Å². The van der Waals surface area contributed by atoms with Gasteiger partial charge in [-0.1, -0.05) is 11.6 Å². The number of hydrogen-bond donors (Lipinski definition) is 0. The molecule has 1 aromatic carbocycles. The Hall–Kier alpha value is -2.21. The van der Waals surface area contributed by atoms with Gasteiger partial charge in [-0.15, -0.1) is 0 Å². The van der Waals surface area contributed by atoms with E-state index in [1.165, 1.54) is 0 Å². The predicted molar refractivity (Wildman–Crippen MR) is 91.3 cm³/mol. The van der Waals surface area contributed by atoms with Crippen LogP contribution in [0.2, 0.25) is 5.02 Å². The highest BCUT2D eigenvalue weighted by Crippen LogP contribution is 2.56. The van der Waals surface area contributed by atoms with E-state index in [1.54, 1.807) is 24.3 Å². The number of esters is 1. The van der Waals surface area contributed by atoms with Gasteiger partial charge in [-0.05, 0) is 55.4 Å². The number of amides is 2. The smallest absolute Gasteiger partial charge is 0.326 e. The predicted octanol–water partition coefficient (Wildman–Crippen LogP) is 2.10. The van der Waals surface area contributed by atoms with Crippen LogP contribution in [0.25, 0.3) is 0 Å². The van der Waals surface area contributed by atoms with Gasteiger partial charge in [0.05, 0.1) is 11.8 Å². The van der Waals surface area contributed by atoms with E-state index in [9.17, 15) is 19.2 Å². The van der Waals surface area contributed by atoms with E-state index in [0.29, 0.717) is 10.6 Å². The van der Waals surface area contributed by atoms with E-state index in [4.69, 9.17) is 16.3 Å². The molecule has 0 spiro atoms. The highest BCUT2D eigenvalue weighted by Gasteiger charge is 2.61. The van der Waals surface area contributed by atoms with Crippen molar-refractivity contribution in [2.24, 2.45) is 23.7 Å². The van der Waals surface area contributed by atoms with Gasteiger partial charge in [0.2, 0.25) is 11.8 Å². The molecule has 0 unspecified atom stereocenters. The molecule has 2 saturated carbocycles. The van der Waals surface area contributed by atoms with Gasteiger partial charge in [-0.3, -0.25) is 24.1 Å². The molecule has 4 atom stereocenters. The quantitative estimate of drug-likeness (QED) is 0.447. The monoisotopic (exact) mass is 375 g/mol. The Morgan fingerprint density at radius 1 is 1.04 bits per heavy atom. The molecule has 136 valence electrons. The Morgan fingerprint density at radius 2 is 1.62 bits per heavy atom. The maximum Gasteiger partial charge on any atom is 0.326 e. The van der Waals surface area contributed by atoms with Gasteiger partial charge in [0, 0.05) is 10.6 Å². The normalized spacial score (nSPS) is 29.2. The fraction of sp³-hybridized carbons (Fsp3) is 0.474. The van der Waals surface area contributed by atoms with Crippen LogP contribution in [0.1, 0.15) is 29.6 Å². The minimum Gasteiger partial charge on any atom is -0.456 e. The fourth-order valence-corrected chi connectivity index (χ4v) is 4.79. The molecule has 1 aromatic rings. The summed E-state index contributed by atoms with van der Waals surface area (Å²) in [5, 5.41) is 0.504. The molecule has 1 aliphatic heterocycles. The molecule has 2 amide bonds. The maximum atomic E-state index is 12.5. The molecule has 0 N–H and O–H groups in total. The number of likely N-dealkylation sites (tertiary alicyclic amines) is 1. The number of ketones is 1. The summed E-state index contributed by atoms with van der Waals surface area (Å²) < 4.78 is 4.97. The number of nitrogens with zero attached hydrogens (tertiary/aromatic N) is 1. The Labute approximate surface area is 155 Å². The molecule has 1 heterocycles. The summed E-state index contributed by atoms with van der Waals surface area (Å²) in [5.74, 6) is -1.61. The summed E-state index contributed by atoms with van der Waals surface area (Å²) in [7, 11) is 0. The number of halogens is 1. The van der Waals surface area contributed by atoms with Crippen LogP contribution in [0.3, 0.4) is 0 Å². The second kappa shape index (κ2) is 6.50. The molecular weight excluding hydrogens is 358 g/mol. The van der Waals surface area contributed by atoms with Crippen molar-refractivity contribution >= 4 is 35.2 Å². The number of hydrogen-bond acceptors (Lipinski definition) is 5. The molecule has 3 aliphatic rings. The summed E-state index contributed by atoms with van der Waals surface area (Å²) in [6.45, 7) is -0.854. The highest BCUT2D eigenvalue weighted by molar-refractivity contribution is 6.30. The van der Waals surface area contributed by atoms with Crippen LogP contribution in [0.4, 0.5) is 0 Å². The molecule has 7 heteroatoms. The van der Waals surface area contributed by atoms with E-state index in [-0.39, 0.29) is 41.3 Å².